The zero-order chi connectivity index (χ0) is 18.6. The van der Waals surface area contributed by atoms with Crippen LogP contribution in [0.5, 0.6) is 5.75 Å². The number of rotatable bonds is 10. The minimum Gasteiger partial charge on any atom is -0.494 e. The molecule has 2 aromatic carbocycles. The van der Waals surface area contributed by atoms with E-state index in [-0.39, 0.29) is 11.9 Å². The van der Waals surface area contributed by atoms with Crippen molar-refractivity contribution < 1.29 is 14.3 Å². The van der Waals surface area contributed by atoms with Crippen molar-refractivity contribution in [2.45, 2.75) is 39.0 Å². The van der Waals surface area contributed by atoms with Crippen LogP contribution in [0.25, 0.3) is 0 Å². The molecule has 2 aromatic rings. The molecular formula is C23H28O3. The lowest BCUT2D eigenvalue weighted by Gasteiger charge is -2.17. The van der Waals surface area contributed by atoms with Crippen molar-refractivity contribution in [3.63, 3.8) is 0 Å². The zero-order valence-corrected chi connectivity index (χ0v) is 15.7. The monoisotopic (exact) mass is 352 g/mol. The molecule has 0 fully saturated rings. The second kappa shape index (κ2) is 11.1. The van der Waals surface area contributed by atoms with E-state index < -0.39 is 0 Å². The normalized spacial score (nSPS) is 12.1. The van der Waals surface area contributed by atoms with Crippen LogP contribution in [0.4, 0.5) is 0 Å². The molecule has 0 radical (unpaired) electrons. The largest absolute Gasteiger partial charge is 0.494 e. The van der Waals surface area contributed by atoms with Gasteiger partial charge in [-0.2, -0.15) is 0 Å². The van der Waals surface area contributed by atoms with Gasteiger partial charge < -0.3 is 9.47 Å². The zero-order valence-electron chi connectivity index (χ0n) is 15.7. The summed E-state index contributed by atoms with van der Waals surface area (Å²) < 4.78 is 10.7. The summed E-state index contributed by atoms with van der Waals surface area (Å²) in [5.41, 5.74) is 2.42. The topological polar surface area (TPSA) is 35.5 Å². The van der Waals surface area contributed by atoms with E-state index in [1.165, 1.54) is 17.2 Å². The number of carbonyl (C=O) groups is 1. The van der Waals surface area contributed by atoms with E-state index in [2.05, 4.69) is 31.2 Å². The van der Waals surface area contributed by atoms with Gasteiger partial charge in [-0.25, -0.2) is 4.79 Å². The first-order valence-corrected chi connectivity index (χ1v) is 9.35. The van der Waals surface area contributed by atoms with Crippen LogP contribution in [-0.4, -0.2) is 19.2 Å². The Morgan fingerprint density at radius 3 is 2.35 bits per heavy atom. The molecule has 0 aliphatic carbocycles. The Morgan fingerprint density at radius 1 is 1.00 bits per heavy atom. The number of allylic oxidation sites excluding steroid dienone is 1. The molecule has 1 unspecified atom stereocenters. The fourth-order valence-corrected chi connectivity index (χ4v) is 2.77. The van der Waals surface area contributed by atoms with E-state index in [0.717, 1.165) is 31.6 Å². The van der Waals surface area contributed by atoms with Crippen molar-refractivity contribution in [2.24, 2.45) is 0 Å². The summed E-state index contributed by atoms with van der Waals surface area (Å²) >= 11 is 0. The molecule has 0 aliphatic heterocycles. The van der Waals surface area contributed by atoms with E-state index in [1.54, 1.807) is 0 Å². The van der Waals surface area contributed by atoms with Gasteiger partial charge in [0.2, 0.25) is 0 Å². The summed E-state index contributed by atoms with van der Waals surface area (Å²) in [4.78, 5) is 11.5. The van der Waals surface area contributed by atoms with Gasteiger partial charge >= 0.3 is 5.97 Å². The maximum absolute atomic E-state index is 11.5. The predicted molar refractivity (Wildman–Crippen MR) is 106 cm³/mol. The van der Waals surface area contributed by atoms with Crippen LogP contribution in [0.2, 0.25) is 0 Å². The number of unbranched alkanes of at least 4 members (excludes halogenated alkanes) is 1. The van der Waals surface area contributed by atoms with E-state index >= 15 is 0 Å². The first-order valence-electron chi connectivity index (χ1n) is 9.35. The van der Waals surface area contributed by atoms with Crippen molar-refractivity contribution in [2.75, 3.05) is 13.2 Å². The van der Waals surface area contributed by atoms with E-state index in [4.69, 9.17) is 9.47 Å². The SMILES string of the molecule is CCCCOc1ccc(C(C/C=C/C(=O)OCC)c2ccccc2)cc1. The summed E-state index contributed by atoms with van der Waals surface area (Å²) in [5.74, 6) is 0.793. The first-order chi connectivity index (χ1) is 12.7. The minimum atomic E-state index is -0.293. The highest BCUT2D eigenvalue weighted by molar-refractivity contribution is 5.81. The molecule has 26 heavy (non-hydrogen) atoms. The highest BCUT2D eigenvalue weighted by atomic mass is 16.5. The maximum atomic E-state index is 11.5. The fraction of sp³-hybridized carbons (Fsp3) is 0.348. The number of hydrogen-bond acceptors (Lipinski definition) is 3. The summed E-state index contributed by atoms with van der Waals surface area (Å²) in [7, 11) is 0. The molecule has 0 spiro atoms. The average Bonchev–Trinajstić information content (AvgIpc) is 2.67. The molecule has 0 saturated carbocycles. The van der Waals surface area contributed by atoms with Gasteiger partial charge in [0, 0.05) is 12.0 Å². The highest BCUT2D eigenvalue weighted by Gasteiger charge is 2.13. The summed E-state index contributed by atoms with van der Waals surface area (Å²) in [5, 5.41) is 0. The molecule has 3 heteroatoms. The van der Waals surface area contributed by atoms with Crippen molar-refractivity contribution >= 4 is 5.97 Å². The number of esters is 1. The quantitative estimate of drug-likeness (QED) is 0.321. The molecule has 0 aliphatic rings. The third kappa shape index (κ3) is 6.40. The summed E-state index contributed by atoms with van der Waals surface area (Å²) in [6.45, 7) is 5.11. The molecule has 0 saturated heterocycles. The Kier molecular flexibility index (Phi) is 8.47. The van der Waals surface area contributed by atoms with Gasteiger partial charge in [0.05, 0.1) is 13.2 Å². The van der Waals surface area contributed by atoms with Crippen LogP contribution in [0.3, 0.4) is 0 Å². The van der Waals surface area contributed by atoms with E-state index in [0.29, 0.717) is 6.61 Å². The Morgan fingerprint density at radius 2 is 1.69 bits per heavy atom. The van der Waals surface area contributed by atoms with E-state index in [1.807, 2.05) is 43.3 Å². The van der Waals surface area contributed by atoms with Gasteiger partial charge in [0.1, 0.15) is 5.75 Å². The Labute approximate surface area is 156 Å². The predicted octanol–water partition coefficient (Wildman–Crippen LogP) is 5.51. The average molecular weight is 352 g/mol. The minimum absolute atomic E-state index is 0.187. The first kappa shape index (κ1) is 19.8. The molecule has 0 amide bonds. The molecule has 138 valence electrons. The van der Waals surface area contributed by atoms with Crippen LogP contribution in [0.1, 0.15) is 50.2 Å². The molecular weight excluding hydrogens is 324 g/mol. The van der Waals surface area contributed by atoms with Crippen molar-refractivity contribution in [3.05, 3.63) is 77.9 Å². The highest BCUT2D eigenvalue weighted by Crippen LogP contribution is 2.29. The molecule has 0 heterocycles. The maximum Gasteiger partial charge on any atom is 0.330 e. The molecule has 1 atom stereocenters. The number of hydrogen-bond donors (Lipinski definition) is 0. The summed E-state index contributed by atoms with van der Waals surface area (Å²) in [6, 6.07) is 18.6. The second-order valence-corrected chi connectivity index (χ2v) is 6.12. The number of benzene rings is 2. The summed E-state index contributed by atoms with van der Waals surface area (Å²) in [6.07, 6.45) is 6.33. The van der Waals surface area contributed by atoms with Crippen LogP contribution < -0.4 is 4.74 Å². The molecule has 0 aromatic heterocycles. The third-order valence-electron chi connectivity index (χ3n) is 4.16. The van der Waals surface area contributed by atoms with Crippen LogP contribution >= 0.6 is 0 Å². The molecule has 0 bridgehead atoms. The fourth-order valence-electron chi connectivity index (χ4n) is 2.77. The van der Waals surface area contributed by atoms with Gasteiger partial charge in [-0.15, -0.1) is 0 Å². The Hall–Kier alpha value is -2.55. The Bertz CT molecular complexity index is 674. The standard InChI is InChI=1S/C23H28O3/c1-3-5-18-26-21-16-14-20(15-17-21)22(19-10-7-6-8-11-19)12-9-13-23(24)25-4-2/h6-11,13-17,22H,3-5,12,18H2,1-2H3/b13-9+. The van der Waals surface area contributed by atoms with E-state index in [9.17, 15) is 4.79 Å². The molecule has 2 rings (SSSR count). The van der Waals surface area contributed by atoms with Gasteiger partial charge in [-0.1, -0.05) is 61.9 Å². The third-order valence-corrected chi connectivity index (χ3v) is 4.16. The van der Waals surface area contributed by atoms with Crippen LogP contribution in [0, 0.1) is 0 Å². The van der Waals surface area contributed by atoms with Gasteiger partial charge in [-0.3, -0.25) is 0 Å². The Balaban J connectivity index is 2.12. The number of carbonyl (C=O) groups excluding carboxylic acids is 1. The van der Waals surface area contributed by atoms with Gasteiger partial charge in [-0.05, 0) is 43.0 Å². The second-order valence-electron chi connectivity index (χ2n) is 6.12. The van der Waals surface area contributed by atoms with Crippen molar-refractivity contribution in [1.82, 2.24) is 0 Å². The van der Waals surface area contributed by atoms with Crippen LogP contribution in [-0.2, 0) is 9.53 Å². The number of ether oxygens (including phenoxy) is 2. The van der Waals surface area contributed by atoms with Crippen molar-refractivity contribution in [1.29, 1.82) is 0 Å². The van der Waals surface area contributed by atoms with Crippen molar-refractivity contribution in [3.8, 4) is 5.75 Å². The van der Waals surface area contributed by atoms with Gasteiger partial charge in [0.25, 0.3) is 0 Å². The smallest absolute Gasteiger partial charge is 0.330 e. The van der Waals surface area contributed by atoms with Crippen LogP contribution in [0.15, 0.2) is 66.7 Å². The lowest BCUT2D eigenvalue weighted by atomic mass is 9.88. The molecule has 0 N–H and O–H groups in total. The molecule has 3 nitrogen and oxygen atoms in total. The lowest BCUT2D eigenvalue weighted by Crippen LogP contribution is -2.02. The lowest BCUT2D eigenvalue weighted by molar-refractivity contribution is -0.137. The van der Waals surface area contributed by atoms with Gasteiger partial charge in [0.15, 0.2) is 0 Å².